The molecule has 1 aliphatic rings. The Morgan fingerprint density at radius 1 is 1.04 bits per heavy atom. The highest BCUT2D eigenvalue weighted by atomic mass is 16.6. The molecule has 0 bridgehead atoms. The van der Waals surface area contributed by atoms with Crippen molar-refractivity contribution in [3.05, 3.63) is 22.3 Å². The van der Waals surface area contributed by atoms with Gasteiger partial charge in [0, 0.05) is 25.0 Å². The molecule has 0 radical (unpaired) electrons. The van der Waals surface area contributed by atoms with E-state index in [0.29, 0.717) is 28.0 Å². The van der Waals surface area contributed by atoms with Crippen LogP contribution in [0.3, 0.4) is 0 Å². The summed E-state index contributed by atoms with van der Waals surface area (Å²) in [5, 5.41) is 10.8. The van der Waals surface area contributed by atoms with Gasteiger partial charge in [-0.25, -0.2) is 4.79 Å². The fourth-order valence-corrected chi connectivity index (χ4v) is 3.27. The summed E-state index contributed by atoms with van der Waals surface area (Å²) in [6.45, 7) is 8.97. The molecule has 1 heterocycles. The maximum absolute atomic E-state index is 12.3. The molecular formula is C19H24O8. The predicted octanol–water partition coefficient (Wildman–Crippen LogP) is 1.83. The third-order valence-electron chi connectivity index (χ3n) is 4.81. The Bertz CT molecular complexity index is 813. The van der Waals surface area contributed by atoms with Crippen LogP contribution in [0.1, 0.15) is 49.1 Å². The monoisotopic (exact) mass is 380 g/mol. The number of carbonyl (C=O) groups is 3. The first-order chi connectivity index (χ1) is 12.5. The second-order valence-corrected chi connectivity index (χ2v) is 6.72. The Morgan fingerprint density at radius 3 is 2.11 bits per heavy atom. The number of carbonyl (C=O) groups excluding carboxylic acids is 3. The van der Waals surface area contributed by atoms with Crippen molar-refractivity contribution >= 4 is 17.9 Å². The molecular weight excluding hydrogens is 356 g/mol. The van der Waals surface area contributed by atoms with E-state index in [-0.39, 0.29) is 5.75 Å². The third kappa shape index (κ3) is 3.37. The summed E-state index contributed by atoms with van der Waals surface area (Å²) in [5.41, 5.74) is 0.255. The molecule has 1 aliphatic heterocycles. The zero-order valence-electron chi connectivity index (χ0n) is 16.5. The highest BCUT2D eigenvalue weighted by Gasteiger charge is 2.55. The standard InChI is InChI=1S/C19H24O8/c1-8-9(2)15-13(10(3)14(8)25-11(4)20)16(26-12(5)21)17(22)19(6,27-15)18(23)24-7/h16-17,22H,1-7H3/t16-,17-,19-/m1/s1. The molecule has 3 atom stereocenters. The molecule has 0 amide bonds. The second-order valence-electron chi connectivity index (χ2n) is 6.72. The molecule has 1 aromatic carbocycles. The summed E-state index contributed by atoms with van der Waals surface area (Å²) < 4.78 is 21.3. The first-order valence-electron chi connectivity index (χ1n) is 8.40. The van der Waals surface area contributed by atoms with Gasteiger partial charge in [0.05, 0.1) is 7.11 Å². The van der Waals surface area contributed by atoms with Crippen molar-refractivity contribution in [2.24, 2.45) is 0 Å². The molecule has 0 spiro atoms. The number of esters is 3. The maximum atomic E-state index is 12.3. The van der Waals surface area contributed by atoms with Crippen LogP contribution in [0.2, 0.25) is 0 Å². The van der Waals surface area contributed by atoms with Gasteiger partial charge in [-0.3, -0.25) is 9.59 Å². The van der Waals surface area contributed by atoms with Crippen molar-refractivity contribution in [3.63, 3.8) is 0 Å². The third-order valence-corrected chi connectivity index (χ3v) is 4.81. The summed E-state index contributed by atoms with van der Waals surface area (Å²) >= 11 is 0. The van der Waals surface area contributed by atoms with Crippen LogP contribution < -0.4 is 9.47 Å². The van der Waals surface area contributed by atoms with Crippen molar-refractivity contribution in [3.8, 4) is 11.5 Å². The van der Waals surface area contributed by atoms with E-state index in [4.69, 9.17) is 18.9 Å². The Kier molecular flexibility index (Phi) is 5.51. The summed E-state index contributed by atoms with van der Waals surface area (Å²) in [6.07, 6.45) is -2.74. The molecule has 1 aromatic rings. The molecule has 1 N–H and O–H groups in total. The topological polar surface area (TPSA) is 108 Å². The van der Waals surface area contributed by atoms with Crippen LogP contribution in [-0.4, -0.2) is 41.8 Å². The number of aliphatic hydroxyl groups excluding tert-OH is 1. The molecule has 0 unspecified atom stereocenters. The number of fused-ring (bicyclic) bond motifs is 1. The van der Waals surface area contributed by atoms with Crippen LogP contribution in [0.15, 0.2) is 0 Å². The summed E-state index contributed by atoms with van der Waals surface area (Å²) in [7, 11) is 1.17. The normalized spacial score (nSPS) is 23.7. The largest absolute Gasteiger partial charge is 0.472 e. The highest BCUT2D eigenvalue weighted by Crippen LogP contribution is 2.49. The highest BCUT2D eigenvalue weighted by molar-refractivity contribution is 5.82. The minimum absolute atomic E-state index is 0.283. The van der Waals surface area contributed by atoms with E-state index in [0.717, 1.165) is 0 Å². The maximum Gasteiger partial charge on any atom is 0.352 e. The average molecular weight is 380 g/mol. The molecule has 148 valence electrons. The number of hydrogen-bond acceptors (Lipinski definition) is 8. The van der Waals surface area contributed by atoms with Gasteiger partial charge in [-0.05, 0) is 38.8 Å². The lowest BCUT2D eigenvalue weighted by molar-refractivity contribution is -0.190. The first kappa shape index (κ1) is 20.7. The van der Waals surface area contributed by atoms with Crippen molar-refractivity contribution in [2.45, 2.75) is 59.4 Å². The zero-order chi connectivity index (χ0) is 20.7. The predicted molar refractivity (Wildman–Crippen MR) is 93.5 cm³/mol. The van der Waals surface area contributed by atoms with Crippen LogP contribution in [-0.2, 0) is 23.9 Å². The molecule has 0 aliphatic carbocycles. The number of ether oxygens (including phenoxy) is 4. The number of methoxy groups -OCH3 is 1. The van der Waals surface area contributed by atoms with Gasteiger partial charge in [-0.2, -0.15) is 0 Å². The molecule has 2 rings (SSSR count). The van der Waals surface area contributed by atoms with Crippen LogP contribution in [0.25, 0.3) is 0 Å². The summed E-state index contributed by atoms with van der Waals surface area (Å²) in [5.74, 6) is -1.39. The van der Waals surface area contributed by atoms with E-state index in [9.17, 15) is 19.5 Å². The number of hydrogen-bond donors (Lipinski definition) is 1. The van der Waals surface area contributed by atoms with Crippen LogP contribution in [0.5, 0.6) is 11.5 Å². The molecule has 0 aromatic heterocycles. The molecule has 8 nitrogen and oxygen atoms in total. The van der Waals surface area contributed by atoms with E-state index in [1.165, 1.54) is 27.9 Å². The summed E-state index contributed by atoms with van der Waals surface area (Å²) in [6, 6.07) is 0. The van der Waals surface area contributed by atoms with Crippen LogP contribution >= 0.6 is 0 Å². The van der Waals surface area contributed by atoms with Gasteiger partial charge < -0.3 is 24.1 Å². The fraction of sp³-hybridized carbons (Fsp3) is 0.526. The fourth-order valence-electron chi connectivity index (χ4n) is 3.27. The minimum atomic E-state index is -1.78. The second kappa shape index (κ2) is 7.19. The Labute approximate surface area is 157 Å². The SMILES string of the molecule is COC(=O)[C@]1(C)Oc2c(C)c(C)c(OC(C)=O)c(C)c2[C@@H](OC(C)=O)[C@H]1O. The van der Waals surface area contributed by atoms with Crippen LogP contribution in [0, 0.1) is 20.8 Å². The van der Waals surface area contributed by atoms with E-state index in [2.05, 4.69) is 0 Å². The Balaban J connectivity index is 2.81. The molecule has 27 heavy (non-hydrogen) atoms. The van der Waals surface area contributed by atoms with Gasteiger partial charge >= 0.3 is 17.9 Å². The van der Waals surface area contributed by atoms with Crippen molar-refractivity contribution < 1.29 is 38.4 Å². The molecule has 0 fully saturated rings. The lowest BCUT2D eigenvalue weighted by atomic mass is 9.82. The van der Waals surface area contributed by atoms with Gasteiger partial charge in [0.25, 0.3) is 0 Å². The van der Waals surface area contributed by atoms with Gasteiger partial charge in [0.2, 0.25) is 5.60 Å². The minimum Gasteiger partial charge on any atom is -0.472 e. The van der Waals surface area contributed by atoms with E-state index in [1.54, 1.807) is 20.8 Å². The van der Waals surface area contributed by atoms with E-state index in [1.807, 2.05) is 0 Å². The Hall–Kier alpha value is -2.61. The van der Waals surface area contributed by atoms with E-state index < -0.39 is 35.7 Å². The first-order valence-corrected chi connectivity index (χ1v) is 8.40. The Morgan fingerprint density at radius 2 is 1.63 bits per heavy atom. The number of rotatable bonds is 3. The smallest absolute Gasteiger partial charge is 0.352 e. The van der Waals surface area contributed by atoms with Gasteiger partial charge in [-0.1, -0.05) is 0 Å². The quantitative estimate of drug-likeness (QED) is 0.625. The van der Waals surface area contributed by atoms with Crippen LogP contribution in [0.4, 0.5) is 0 Å². The van der Waals surface area contributed by atoms with Crippen molar-refractivity contribution in [1.82, 2.24) is 0 Å². The lowest BCUT2D eigenvalue weighted by Gasteiger charge is -2.43. The zero-order valence-corrected chi connectivity index (χ0v) is 16.5. The summed E-state index contributed by atoms with van der Waals surface area (Å²) in [4.78, 5) is 35.5. The number of aliphatic hydroxyl groups is 1. The molecule has 0 saturated heterocycles. The molecule has 0 saturated carbocycles. The lowest BCUT2D eigenvalue weighted by Crippen LogP contribution is -2.58. The van der Waals surface area contributed by atoms with Crippen molar-refractivity contribution in [1.29, 1.82) is 0 Å². The number of benzene rings is 1. The van der Waals surface area contributed by atoms with Gasteiger partial charge in [0.15, 0.2) is 6.10 Å². The van der Waals surface area contributed by atoms with E-state index >= 15 is 0 Å². The van der Waals surface area contributed by atoms with Gasteiger partial charge in [-0.15, -0.1) is 0 Å². The van der Waals surface area contributed by atoms with Crippen molar-refractivity contribution in [2.75, 3.05) is 7.11 Å². The van der Waals surface area contributed by atoms with Gasteiger partial charge in [0.1, 0.15) is 17.6 Å². The average Bonchev–Trinajstić information content (AvgIpc) is 2.59. The molecule has 8 heteroatoms.